The van der Waals surface area contributed by atoms with Crippen molar-refractivity contribution in [3.05, 3.63) is 59.8 Å². The first-order chi connectivity index (χ1) is 11.0. The van der Waals surface area contributed by atoms with Crippen molar-refractivity contribution >= 4 is 10.9 Å². The Hall–Kier alpha value is -2.27. The molecule has 3 rings (SSSR count). The average Bonchev–Trinajstić information content (AvgIpc) is 2.94. The maximum atomic E-state index is 13.9. The van der Waals surface area contributed by atoms with Gasteiger partial charge in [0.2, 0.25) is 0 Å². The minimum atomic E-state index is -0.222. The molecule has 5 heteroatoms. The molecule has 0 atom stereocenters. The minimum absolute atomic E-state index is 0.222. The van der Waals surface area contributed by atoms with E-state index in [-0.39, 0.29) is 5.82 Å². The third-order valence-corrected chi connectivity index (χ3v) is 4.05. The summed E-state index contributed by atoms with van der Waals surface area (Å²) in [7, 11) is 1.92. The minimum Gasteiger partial charge on any atom is -0.292 e. The van der Waals surface area contributed by atoms with Gasteiger partial charge in [0.1, 0.15) is 5.82 Å². The summed E-state index contributed by atoms with van der Waals surface area (Å²) in [5.41, 5.74) is 2.95. The Labute approximate surface area is 135 Å². The van der Waals surface area contributed by atoms with Crippen LogP contribution in [-0.4, -0.2) is 25.7 Å². The molecule has 0 aliphatic rings. The Bertz CT molecular complexity index is 810. The highest BCUT2D eigenvalue weighted by Crippen LogP contribution is 2.22. The Morgan fingerprint density at radius 2 is 2.04 bits per heavy atom. The van der Waals surface area contributed by atoms with E-state index in [9.17, 15) is 4.39 Å². The number of aryl methyl sites for hydroxylation is 1. The van der Waals surface area contributed by atoms with E-state index in [4.69, 9.17) is 0 Å². The molecule has 0 bridgehead atoms. The smallest absolute Gasteiger partial charge is 0.132 e. The maximum absolute atomic E-state index is 13.9. The van der Waals surface area contributed by atoms with Crippen molar-refractivity contribution < 1.29 is 4.39 Å². The van der Waals surface area contributed by atoms with Gasteiger partial charge in [0.25, 0.3) is 0 Å². The average molecular weight is 312 g/mol. The van der Waals surface area contributed by atoms with Crippen LogP contribution < -0.4 is 0 Å². The second-order valence-electron chi connectivity index (χ2n) is 6.13. The lowest BCUT2D eigenvalue weighted by atomic mass is 10.1. The first kappa shape index (κ1) is 15.6. The molecule has 0 fully saturated rings. The van der Waals surface area contributed by atoms with Gasteiger partial charge >= 0.3 is 0 Å². The van der Waals surface area contributed by atoms with Crippen LogP contribution in [0.2, 0.25) is 0 Å². The van der Waals surface area contributed by atoms with Crippen LogP contribution in [0, 0.1) is 5.82 Å². The summed E-state index contributed by atoms with van der Waals surface area (Å²) in [5, 5.41) is 4.80. The highest BCUT2D eigenvalue weighted by Gasteiger charge is 2.15. The number of hydrogen-bond donors (Lipinski definition) is 0. The van der Waals surface area contributed by atoms with Gasteiger partial charge in [-0.2, -0.15) is 5.10 Å². The molecule has 2 aromatic heterocycles. The Balaban J connectivity index is 1.90. The van der Waals surface area contributed by atoms with Crippen LogP contribution in [0.3, 0.4) is 0 Å². The number of fused-ring (bicyclic) bond motifs is 1. The van der Waals surface area contributed by atoms with Crippen LogP contribution in [0.1, 0.15) is 25.0 Å². The predicted molar refractivity (Wildman–Crippen MR) is 89.3 cm³/mol. The molecule has 0 aliphatic heterocycles. The van der Waals surface area contributed by atoms with Gasteiger partial charge in [0.05, 0.1) is 11.7 Å². The van der Waals surface area contributed by atoms with Crippen LogP contribution in [0.25, 0.3) is 10.9 Å². The topological polar surface area (TPSA) is 34.0 Å². The largest absolute Gasteiger partial charge is 0.292 e. The summed E-state index contributed by atoms with van der Waals surface area (Å²) in [6, 6.07) is 7.28. The summed E-state index contributed by atoms with van der Waals surface area (Å²) in [6.07, 6.45) is 5.62. The number of benzene rings is 1. The van der Waals surface area contributed by atoms with Crippen LogP contribution in [0.4, 0.5) is 4.39 Å². The molecular formula is C18H21FN4. The molecule has 23 heavy (non-hydrogen) atoms. The normalized spacial score (nSPS) is 11.7. The quantitative estimate of drug-likeness (QED) is 0.723. The molecule has 0 amide bonds. The van der Waals surface area contributed by atoms with Crippen LogP contribution in [0.5, 0.6) is 0 Å². The number of nitrogens with zero attached hydrogens (tertiary/aromatic N) is 4. The van der Waals surface area contributed by atoms with E-state index in [1.807, 2.05) is 30.2 Å². The van der Waals surface area contributed by atoms with E-state index < -0.39 is 0 Å². The van der Waals surface area contributed by atoms with Crippen molar-refractivity contribution in [1.29, 1.82) is 0 Å². The zero-order valence-electron chi connectivity index (χ0n) is 13.7. The lowest BCUT2D eigenvalue weighted by molar-refractivity contribution is 0.204. The molecule has 1 aromatic carbocycles. The Morgan fingerprint density at radius 1 is 1.22 bits per heavy atom. The molecule has 0 N–H and O–H groups in total. The fourth-order valence-electron chi connectivity index (χ4n) is 2.75. The Morgan fingerprint density at radius 3 is 2.74 bits per heavy atom. The lowest BCUT2D eigenvalue weighted by Gasteiger charge is -2.26. The van der Waals surface area contributed by atoms with Gasteiger partial charge in [-0.15, -0.1) is 0 Å². The molecule has 0 spiro atoms. The highest BCUT2D eigenvalue weighted by molar-refractivity contribution is 5.82. The van der Waals surface area contributed by atoms with Gasteiger partial charge in [-0.25, -0.2) is 4.39 Å². The lowest BCUT2D eigenvalue weighted by Crippen LogP contribution is -2.29. The van der Waals surface area contributed by atoms with Crippen LogP contribution >= 0.6 is 0 Å². The number of pyridine rings is 1. The summed E-state index contributed by atoms with van der Waals surface area (Å²) in [6.45, 7) is 5.85. The standard InChI is InChI=1S/C18H21FN4/c1-13(2)23(11-14-9-21-22(3)10-14)12-15-6-7-17(19)16-5-4-8-20-18(15)16/h4-10,13H,11-12H2,1-3H3. The monoisotopic (exact) mass is 312 g/mol. The van der Waals surface area contributed by atoms with Gasteiger partial charge < -0.3 is 0 Å². The SMILES string of the molecule is CC(C)N(Cc1cnn(C)c1)Cc1ccc(F)c2cccnc12. The number of hydrogen-bond acceptors (Lipinski definition) is 3. The number of aromatic nitrogens is 3. The second-order valence-corrected chi connectivity index (χ2v) is 6.13. The van der Waals surface area contributed by atoms with Crippen molar-refractivity contribution in [3.8, 4) is 0 Å². The fraction of sp³-hybridized carbons (Fsp3) is 0.333. The van der Waals surface area contributed by atoms with Crippen molar-refractivity contribution in [2.24, 2.45) is 7.05 Å². The molecular weight excluding hydrogens is 291 g/mol. The van der Waals surface area contributed by atoms with Crippen molar-refractivity contribution in [1.82, 2.24) is 19.7 Å². The van der Waals surface area contributed by atoms with E-state index in [1.165, 1.54) is 11.6 Å². The van der Waals surface area contributed by atoms with Gasteiger partial charge in [-0.1, -0.05) is 6.07 Å². The second kappa shape index (κ2) is 6.46. The van der Waals surface area contributed by atoms with Crippen LogP contribution in [0.15, 0.2) is 42.9 Å². The number of halogens is 1. The van der Waals surface area contributed by atoms with E-state index in [0.717, 1.165) is 24.2 Å². The van der Waals surface area contributed by atoms with Gasteiger partial charge in [0, 0.05) is 49.5 Å². The first-order valence-electron chi connectivity index (χ1n) is 7.78. The molecule has 120 valence electrons. The van der Waals surface area contributed by atoms with Crippen LogP contribution in [-0.2, 0) is 20.1 Å². The van der Waals surface area contributed by atoms with E-state index >= 15 is 0 Å². The third kappa shape index (κ3) is 3.40. The van der Waals surface area contributed by atoms with Crippen molar-refractivity contribution in [2.45, 2.75) is 33.0 Å². The third-order valence-electron chi connectivity index (χ3n) is 4.05. The van der Waals surface area contributed by atoms with Gasteiger partial charge in [-0.3, -0.25) is 14.6 Å². The summed E-state index contributed by atoms with van der Waals surface area (Å²) < 4.78 is 15.8. The van der Waals surface area contributed by atoms with E-state index in [2.05, 4.69) is 28.8 Å². The van der Waals surface area contributed by atoms with Gasteiger partial charge in [0.15, 0.2) is 0 Å². The summed E-state index contributed by atoms with van der Waals surface area (Å²) >= 11 is 0. The van der Waals surface area contributed by atoms with E-state index in [1.54, 1.807) is 18.3 Å². The van der Waals surface area contributed by atoms with Crippen molar-refractivity contribution in [2.75, 3.05) is 0 Å². The molecule has 3 aromatic rings. The molecule has 0 saturated carbocycles. The first-order valence-corrected chi connectivity index (χ1v) is 7.78. The van der Waals surface area contributed by atoms with Gasteiger partial charge in [-0.05, 0) is 37.6 Å². The molecule has 0 saturated heterocycles. The Kier molecular flexibility index (Phi) is 4.39. The molecule has 2 heterocycles. The van der Waals surface area contributed by atoms with Crippen molar-refractivity contribution in [3.63, 3.8) is 0 Å². The number of rotatable bonds is 5. The summed E-state index contributed by atoms with van der Waals surface area (Å²) in [5.74, 6) is -0.222. The summed E-state index contributed by atoms with van der Waals surface area (Å²) in [4.78, 5) is 6.71. The predicted octanol–water partition coefficient (Wildman–Crippen LogP) is 3.52. The molecule has 4 nitrogen and oxygen atoms in total. The maximum Gasteiger partial charge on any atom is 0.132 e. The van der Waals surface area contributed by atoms with E-state index in [0.29, 0.717) is 11.4 Å². The zero-order valence-corrected chi connectivity index (χ0v) is 13.7. The molecule has 0 aliphatic carbocycles. The highest BCUT2D eigenvalue weighted by atomic mass is 19.1. The fourth-order valence-corrected chi connectivity index (χ4v) is 2.75. The zero-order chi connectivity index (χ0) is 16.4. The molecule has 0 unspecified atom stereocenters. The molecule has 0 radical (unpaired) electrons.